The maximum atomic E-state index is 4.35. The van der Waals surface area contributed by atoms with Crippen molar-refractivity contribution in [3.05, 3.63) is 42.4 Å². The molecule has 1 fully saturated rings. The smallest absolute Gasteiger partial charge is 0.191 e. The molecule has 2 aromatic rings. The number of hydrogen-bond donors (Lipinski definition) is 2. The highest BCUT2D eigenvalue weighted by Gasteiger charge is 2.19. The van der Waals surface area contributed by atoms with Crippen molar-refractivity contribution in [1.82, 2.24) is 30.1 Å². The van der Waals surface area contributed by atoms with Crippen molar-refractivity contribution in [2.45, 2.75) is 32.2 Å². The molecular weight excluding hydrogens is 453 g/mol. The maximum absolute atomic E-state index is 4.35. The Labute approximate surface area is 178 Å². The number of halogens is 1. The highest BCUT2D eigenvalue weighted by Crippen LogP contribution is 2.11. The molecule has 0 amide bonds. The van der Waals surface area contributed by atoms with E-state index >= 15 is 0 Å². The predicted molar refractivity (Wildman–Crippen MR) is 121 cm³/mol. The van der Waals surface area contributed by atoms with Gasteiger partial charge in [-0.15, -0.1) is 34.2 Å². The van der Waals surface area contributed by atoms with Gasteiger partial charge in [0.1, 0.15) is 5.82 Å². The molecule has 0 spiro atoms. The minimum atomic E-state index is 0. The first-order valence-electron chi connectivity index (χ1n) is 9.28. The summed E-state index contributed by atoms with van der Waals surface area (Å²) in [5.74, 6) is 1.81. The van der Waals surface area contributed by atoms with Crippen molar-refractivity contribution < 1.29 is 0 Å². The summed E-state index contributed by atoms with van der Waals surface area (Å²) in [4.78, 5) is 6.82. The summed E-state index contributed by atoms with van der Waals surface area (Å²) in [6, 6.07) is 6.40. The molecule has 0 bridgehead atoms. The molecule has 3 rings (SSSR count). The van der Waals surface area contributed by atoms with Crippen molar-refractivity contribution in [2.24, 2.45) is 4.99 Å². The van der Waals surface area contributed by atoms with E-state index in [0.29, 0.717) is 6.04 Å². The van der Waals surface area contributed by atoms with E-state index in [1.54, 1.807) is 0 Å². The second-order valence-electron chi connectivity index (χ2n) is 6.95. The summed E-state index contributed by atoms with van der Waals surface area (Å²) in [5, 5.41) is 15.4. The van der Waals surface area contributed by atoms with Crippen LogP contribution < -0.4 is 10.6 Å². The molecular formula is C19H30IN7. The average Bonchev–Trinajstić information content (AvgIpc) is 3.05. The van der Waals surface area contributed by atoms with E-state index in [4.69, 9.17) is 0 Å². The van der Waals surface area contributed by atoms with Crippen LogP contribution in [-0.2, 0) is 6.42 Å². The average molecular weight is 483 g/mol. The lowest BCUT2D eigenvalue weighted by molar-refractivity contribution is 0.221. The number of fused-ring (bicyclic) bond motifs is 1. The Morgan fingerprint density at radius 2 is 2.07 bits per heavy atom. The lowest BCUT2D eigenvalue weighted by atomic mass is 10.0. The number of hydrogen-bond acceptors (Lipinski definition) is 4. The second-order valence-corrected chi connectivity index (χ2v) is 6.95. The zero-order chi connectivity index (χ0) is 18.4. The number of piperidine rings is 1. The Hall–Kier alpha value is -1.68. The maximum Gasteiger partial charge on any atom is 0.191 e. The number of aromatic nitrogens is 3. The molecule has 1 aliphatic rings. The molecule has 2 aromatic heterocycles. The fraction of sp³-hybridized carbons (Fsp3) is 0.526. The highest BCUT2D eigenvalue weighted by molar-refractivity contribution is 14.0. The zero-order valence-corrected chi connectivity index (χ0v) is 18.5. The summed E-state index contributed by atoms with van der Waals surface area (Å²) >= 11 is 0. The van der Waals surface area contributed by atoms with Crippen LogP contribution in [0.5, 0.6) is 0 Å². The van der Waals surface area contributed by atoms with Crippen LogP contribution in [0.15, 0.2) is 41.5 Å². The van der Waals surface area contributed by atoms with Crippen LogP contribution in [0.2, 0.25) is 0 Å². The van der Waals surface area contributed by atoms with Crippen molar-refractivity contribution in [3.8, 4) is 0 Å². The van der Waals surface area contributed by atoms with Crippen molar-refractivity contribution in [2.75, 3.05) is 33.2 Å². The third-order valence-corrected chi connectivity index (χ3v) is 4.67. The molecule has 0 atom stereocenters. The van der Waals surface area contributed by atoms with Gasteiger partial charge < -0.3 is 10.6 Å². The van der Waals surface area contributed by atoms with Crippen LogP contribution in [0.25, 0.3) is 5.65 Å². The SMILES string of the molecule is C=C(C)CN1CCC(NC(=NC)NCCc2nnc3ccccn23)CC1.I. The van der Waals surface area contributed by atoms with E-state index < -0.39 is 0 Å². The standard InChI is InChI=1S/C19H29N7.HI/c1-15(2)14-25-12-8-16(9-13-25)22-19(20-3)21-10-7-18-24-23-17-6-4-5-11-26(17)18;/h4-6,11,16H,1,7-10,12-14H2,2-3H3,(H2,20,21,22);1H. The molecule has 0 aromatic carbocycles. The minimum absolute atomic E-state index is 0. The number of pyridine rings is 1. The Morgan fingerprint density at radius 3 is 2.78 bits per heavy atom. The molecule has 2 N–H and O–H groups in total. The van der Waals surface area contributed by atoms with E-state index in [-0.39, 0.29) is 24.0 Å². The Balaban J connectivity index is 0.00000261. The summed E-state index contributed by atoms with van der Waals surface area (Å²) < 4.78 is 2.02. The largest absolute Gasteiger partial charge is 0.356 e. The van der Waals surface area contributed by atoms with E-state index in [9.17, 15) is 0 Å². The van der Waals surface area contributed by atoms with Gasteiger partial charge in [-0.3, -0.25) is 14.3 Å². The van der Waals surface area contributed by atoms with Crippen LogP contribution in [-0.4, -0.2) is 64.7 Å². The fourth-order valence-electron chi connectivity index (χ4n) is 3.36. The van der Waals surface area contributed by atoms with E-state index in [2.05, 4.69) is 44.2 Å². The van der Waals surface area contributed by atoms with Gasteiger partial charge in [0.25, 0.3) is 0 Å². The van der Waals surface area contributed by atoms with E-state index in [1.807, 2.05) is 35.8 Å². The van der Waals surface area contributed by atoms with Crippen molar-refractivity contribution in [1.29, 1.82) is 0 Å². The summed E-state index contributed by atoms with van der Waals surface area (Å²) in [7, 11) is 1.82. The van der Waals surface area contributed by atoms with Crippen molar-refractivity contribution in [3.63, 3.8) is 0 Å². The Morgan fingerprint density at radius 1 is 1.30 bits per heavy atom. The molecule has 0 aliphatic carbocycles. The first-order chi connectivity index (χ1) is 12.7. The van der Waals surface area contributed by atoms with Crippen LogP contribution in [0, 0.1) is 0 Å². The van der Waals surface area contributed by atoms with Crippen LogP contribution in [0.3, 0.4) is 0 Å². The van der Waals surface area contributed by atoms with Gasteiger partial charge in [-0.1, -0.05) is 18.2 Å². The number of aliphatic imine (C=N–C) groups is 1. The number of guanidine groups is 1. The van der Waals surface area contributed by atoms with Crippen LogP contribution >= 0.6 is 24.0 Å². The zero-order valence-electron chi connectivity index (χ0n) is 16.2. The molecule has 3 heterocycles. The summed E-state index contributed by atoms with van der Waals surface area (Å²) in [5.41, 5.74) is 2.11. The molecule has 1 aliphatic heterocycles. The second kappa shape index (κ2) is 10.6. The molecule has 0 saturated carbocycles. The third-order valence-electron chi connectivity index (χ3n) is 4.67. The van der Waals surface area contributed by atoms with E-state index in [0.717, 1.165) is 62.9 Å². The van der Waals surface area contributed by atoms with Gasteiger partial charge in [-0.05, 0) is 31.9 Å². The number of nitrogens with one attached hydrogen (secondary N) is 2. The molecule has 1 saturated heterocycles. The molecule has 27 heavy (non-hydrogen) atoms. The first-order valence-corrected chi connectivity index (χ1v) is 9.28. The molecule has 7 nitrogen and oxygen atoms in total. The fourth-order valence-corrected chi connectivity index (χ4v) is 3.36. The first kappa shape index (κ1) is 21.6. The van der Waals surface area contributed by atoms with E-state index in [1.165, 1.54) is 5.57 Å². The van der Waals surface area contributed by atoms with Gasteiger partial charge in [-0.25, -0.2) is 0 Å². The minimum Gasteiger partial charge on any atom is -0.356 e. The van der Waals surface area contributed by atoms with Gasteiger partial charge in [0.15, 0.2) is 11.6 Å². The predicted octanol–water partition coefficient (Wildman–Crippen LogP) is 2.10. The molecule has 0 radical (unpaired) electrons. The number of likely N-dealkylation sites (tertiary alicyclic amines) is 1. The normalized spacial score (nSPS) is 16.1. The van der Waals surface area contributed by atoms with Gasteiger partial charge in [-0.2, -0.15) is 0 Å². The van der Waals surface area contributed by atoms with Crippen LogP contribution in [0.4, 0.5) is 0 Å². The van der Waals surface area contributed by atoms with Gasteiger partial charge in [0.2, 0.25) is 0 Å². The molecule has 0 unspecified atom stereocenters. The lowest BCUT2D eigenvalue weighted by Gasteiger charge is -2.33. The monoisotopic (exact) mass is 483 g/mol. The van der Waals surface area contributed by atoms with Gasteiger partial charge in [0.05, 0.1) is 0 Å². The van der Waals surface area contributed by atoms with Crippen LogP contribution in [0.1, 0.15) is 25.6 Å². The topological polar surface area (TPSA) is 69.8 Å². The molecule has 148 valence electrons. The summed E-state index contributed by atoms with van der Waals surface area (Å²) in [6.07, 6.45) is 5.05. The Kier molecular flexibility index (Phi) is 8.49. The summed E-state index contributed by atoms with van der Waals surface area (Å²) in [6.45, 7) is 10.1. The van der Waals surface area contributed by atoms with Gasteiger partial charge in [0, 0.05) is 51.9 Å². The third kappa shape index (κ3) is 6.17. The number of rotatable bonds is 6. The van der Waals surface area contributed by atoms with Gasteiger partial charge >= 0.3 is 0 Å². The highest BCUT2D eigenvalue weighted by atomic mass is 127. The lowest BCUT2D eigenvalue weighted by Crippen LogP contribution is -2.49. The molecule has 8 heteroatoms. The number of nitrogens with zero attached hydrogens (tertiary/aromatic N) is 5. The Bertz CT molecular complexity index is 762. The van der Waals surface area contributed by atoms with Crippen molar-refractivity contribution >= 4 is 35.6 Å². The quantitative estimate of drug-likeness (QED) is 0.285.